The molecule has 0 radical (unpaired) electrons. The van der Waals surface area contributed by atoms with E-state index in [2.05, 4.69) is 15.5 Å². The lowest BCUT2D eigenvalue weighted by atomic mass is 10.0. The smallest absolute Gasteiger partial charge is 0.0869 e. The molecule has 112 valence electrons. The van der Waals surface area contributed by atoms with Crippen LogP contribution in [0.3, 0.4) is 0 Å². The fourth-order valence-corrected chi connectivity index (χ4v) is 3.99. The highest BCUT2D eigenvalue weighted by Crippen LogP contribution is 2.27. The third-order valence-corrected chi connectivity index (χ3v) is 5.15. The zero-order valence-corrected chi connectivity index (χ0v) is 13.2. The summed E-state index contributed by atoms with van der Waals surface area (Å²) in [4.78, 5) is 0. The van der Waals surface area contributed by atoms with Crippen molar-refractivity contribution in [3.8, 4) is 11.3 Å². The van der Waals surface area contributed by atoms with Crippen LogP contribution in [0, 0.1) is 0 Å². The topological polar surface area (TPSA) is 60.9 Å². The van der Waals surface area contributed by atoms with E-state index in [1.165, 1.54) is 0 Å². The van der Waals surface area contributed by atoms with Crippen LogP contribution in [0.5, 0.6) is 0 Å². The van der Waals surface area contributed by atoms with Gasteiger partial charge in [-0.3, -0.25) is 5.10 Å². The van der Waals surface area contributed by atoms with Gasteiger partial charge in [-0.1, -0.05) is 23.7 Å². The number of rotatable bonds is 5. The summed E-state index contributed by atoms with van der Waals surface area (Å²) in [7, 11) is 0. The molecule has 0 amide bonds. The molecule has 2 aromatic rings. The normalized spacial score (nSPS) is 21.8. The monoisotopic (exact) mass is 323 g/mol. The molecule has 4 nitrogen and oxygen atoms in total. The van der Waals surface area contributed by atoms with Crippen molar-refractivity contribution in [1.82, 2.24) is 15.5 Å². The minimum absolute atomic E-state index is 0.565. The molecule has 1 aliphatic rings. The summed E-state index contributed by atoms with van der Waals surface area (Å²) in [5.41, 5.74) is 2.50. The summed E-state index contributed by atoms with van der Waals surface area (Å²) in [6.45, 7) is 1.28. The number of aromatic nitrogens is 2. The van der Waals surface area contributed by atoms with E-state index in [1.807, 2.05) is 42.2 Å². The van der Waals surface area contributed by atoms with Crippen LogP contribution in [0.2, 0.25) is 5.02 Å². The lowest BCUT2D eigenvalue weighted by Crippen LogP contribution is -2.40. The van der Waals surface area contributed by atoms with E-state index in [1.54, 1.807) is 0 Å². The average Bonchev–Trinajstić information content (AvgIpc) is 3.08. The molecule has 21 heavy (non-hydrogen) atoms. The Morgan fingerprint density at radius 3 is 3.14 bits per heavy atom. The zero-order chi connectivity index (χ0) is 14.7. The molecule has 0 saturated carbocycles. The summed E-state index contributed by atoms with van der Waals surface area (Å²) in [6.07, 6.45) is 2.67. The van der Waals surface area contributed by atoms with E-state index in [-0.39, 0.29) is 0 Å². The Morgan fingerprint density at radius 2 is 2.38 bits per heavy atom. The molecule has 1 aromatic carbocycles. The van der Waals surface area contributed by atoms with Gasteiger partial charge in [0.1, 0.15) is 0 Å². The Hall–Kier alpha value is -1.01. The van der Waals surface area contributed by atoms with Gasteiger partial charge in [-0.05, 0) is 24.3 Å². The maximum atomic E-state index is 10.3. The van der Waals surface area contributed by atoms with E-state index < -0.39 is 5.60 Å². The number of benzene rings is 1. The molecular formula is C15H18ClN3OS. The van der Waals surface area contributed by atoms with Gasteiger partial charge in [0, 0.05) is 35.0 Å². The SMILES string of the molecule is OC1(CNCc2cn[nH]c2-c2cccc(Cl)c2)CCSC1. The Labute approximate surface area is 133 Å². The summed E-state index contributed by atoms with van der Waals surface area (Å²) >= 11 is 7.84. The van der Waals surface area contributed by atoms with E-state index >= 15 is 0 Å². The van der Waals surface area contributed by atoms with Crippen molar-refractivity contribution in [2.45, 2.75) is 18.6 Å². The van der Waals surface area contributed by atoms with Gasteiger partial charge in [0.15, 0.2) is 0 Å². The van der Waals surface area contributed by atoms with Crippen LogP contribution >= 0.6 is 23.4 Å². The van der Waals surface area contributed by atoms with Gasteiger partial charge in [0.2, 0.25) is 0 Å². The molecular weight excluding hydrogens is 306 g/mol. The molecule has 1 fully saturated rings. The third kappa shape index (κ3) is 3.61. The predicted octanol–water partition coefficient (Wildman–Crippen LogP) is 2.69. The highest BCUT2D eigenvalue weighted by molar-refractivity contribution is 7.99. The van der Waals surface area contributed by atoms with Gasteiger partial charge in [-0.2, -0.15) is 16.9 Å². The molecule has 6 heteroatoms. The number of thioether (sulfide) groups is 1. The molecule has 1 saturated heterocycles. The van der Waals surface area contributed by atoms with Gasteiger partial charge in [0.05, 0.1) is 17.5 Å². The first kappa shape index (κ1) is 14.9. The van der Waals surface area contributed by atoms with Crippen LogP contribution < -0.4 is 5.32 Å². The fourth-order valence-electron chi connectivity index (χ4n) is 2.50. The maximum absolute atomic E-state index is 10.3. The molecule has 3 N–H and O–H groups in total. The number of hydrogen-bond acceptors (Lipinski definition) is 4. The van der Waals surface area contributed by atoms with Gasteiger partial charge in [-0.25, -0.2) is 0 Å². The minimum atomic E-state index is -0.565. The van der Waals surface area contributed by atoms with Crippen molar-refractivity contribution in [2.24, 2.45) is 0 Å². The second-order valence-electron chi connectivity index (χ2n) is 5.41. The van der Waals surface area contributed by atoms with Crippen molar-refractivity contribution in [1.29, 1.82) is 0 Å². The summed E-state index contributed by atoms with van der Waals surface area (Å²) in [5, 5.41) is 21.5. The van der Waals surface area contributed by atoms with Gasteiger partial charge < -0.3 is 10.4 Å². The maximum Gasteiger partial charge on any atom is 0.0869 e. The largest absolute Gasteiger partial charge is 0.388 e. The van der Waals surface area contributed by atoms with Crippen molar-refractivity contribution in [3.63, 3.8) is 0 Å². The average molecular weight is 324 g/mol. The van der Waals surface area contributed by atoms with E-state index in [4.69, 9.17) is 11.6 Å². The lowest BCUT2D eigenvalue weighted by molar-refractivity contribution is 0.0675. The lowest BCUT2D eigenvalue weighted by Gasteiger charge is -2.21. The number of aliphatic hydroxyl groups is 1. The Kier molecular flexibility index (Phi) is 4.54. The van der Waals surface area contributed by atoms with Crippen molar-refractivity contribution in [3.05, 3.63) is 41.0 Å². The zero-order valence-electron chi connectivity index (χ0n) is 11.6. The first-order valence-electron chi connectivity index (χ1n) is 6.95. The van der Waals surface area contributed by atoms with Crippen molar-refractivity contribution in [2.75, 3.05) is 18.1 Å². The van der Waals surface area contributed by atoms with Crippen LogP contribution in [-0.4, -0.2) is 39.0 Å². The number of hydrogen-bond donors (Lipinski definition) is 3. The number of halogens is 1. The summed E-state index contributed by atoms with van der Waals surface area (Å²) in [5.74, 6) is 1.85. The Balaban J connectivity index is 1.66. The van der Waals surface area contributed by atoms with Gasteiger partial charge in [0.25, 0.3) is 0 Å². The minimum Gasteiger partial charge on any atom is -0.388 e. The van der Waals surface area contributed by atoms with Crippen molar-refractivity contribution < 1.29 is 5.11 Å². The number of nitrogens with one attached hydrogen (secondary N) is 2. The number of H-pyrrole nitrogens is 1. The predicted molar refractivity (Wildman–Crippen MR) is 87.6 cm³/mol. The molecule has 3 rings (SSSR count). The molecule has 1 atom stereocenters. The third-order valence-electron chi connectivity index (χ3n) is 3.68. The van der Waals surface area contributed by atoms with Crippen LogP contribution in [0.15, 0.2) is 30.5 Å². The van der Waals surface area contributed by atoms with Crippen LogP contribution in [0.1, 0.15) is 12.0 Å². The molecule has 0 bridgehead atoms. The van der Waals surface area contributed by atoms with E-state index in [9.17, 15) is 5.11 Å². The van der Waals surface area contributed by atoms with Gasteiger partial charge >= 0.3 is 0 Å². The second-order valence-corrected chi connectivity index (χ2v) is 6.95. The second kappa shape index (κ2) is 6.40. The van der Waals surface area contributed by atoms with Gasteiger partial charge in [-0.15, -0.1) is 0 Å². The van der Waals surface area contributed by atoms with E-state index in [0.717, 1.165) is 34.7 Å². The molecule has 1 aliphatic heterocycles. The molecule has 0 aliphatic carbocycles. The molecule has 2 heterocycles. The van der Waals surface area contributed by atoms with Crippen LogP contribution in [-0.2, 0) is 6.54 Å². The fraction of sp³-hybridized carbons (Fsp3) is 0.400. The highest BCUT2D eigenvalue weighted by atomic mass is 35.5. The number of aromatic amines is 1. The Morgan fingerprint density at radius 1 is 1.48 bits per heavy atom. The first-order valence-corrected chi connectivity index (χ1v) is 8.49. The summed E-state index contributed by atoms with van der Waals surface area (Å²) in [6, 6.07) is 7.70. The highest BCUT2D eigenvalue weighted by Gasteiger charge is 2.31. The Bertz CT molecular complexity index is 610. The van der Waals surface area contributed by atoms with E-state index in [0.29, 0.717) is 18.1 Å². The molecule has 0 spiro atoms. The quantitative estimate of drug-likeness (QED) is 0.791. The summed E-state index contributed by atoms with van der Waals surface area (Å²) < 4.78 is 0. The van der Waals surface area contributed by atoms with Crippen LogP contribution in [0.4, 0.5) is 0 Å². The number of nitrogens with zero attached hydrogens (tertiary/aromatic N) is 1. The molecule has 1 aromatic heterocycles. The standard InChI is InChI=1S/C15H18ClN3OS/c16-13-3-1-2-11(6-13)14-12(8-18-19-14)7-17-9-15(20)4-5-21-10-15/h1-3,6,8,17,20H,4-5,7,9-10H2,(H,18,19). The van der Waals surface area contributed by atoms with Crippen LogP contribution in [0.25, 0.3) is 11.3 Å². The first-order chi connectivity index (χ1) is 10.2. The molecule has 1 unspecified atom stereocenters. The van der Waals surface area contributed by atoms with Crippen molar-refractivity contribution >= 4 is 23.4 Å².